The Bertz CT molecular complexity index is 2150. The summed E-state index contributed by atoms with van der Waals surface area (Å²) in [6.07, 6.45) is 0. The van der Waals surface area contributed by atoms with Crippen LogP contribution in [0, 0.1) is 0 Å². The first-order valence-corrected chi connectivity index (χ1v) is 13.6. The Kier molecular flexibility index (Phi) is 5.17. The molecular formula is C38H25NO. The van der Waals surface area contributed by atoms with Crippen LogP contribution in [0.5, 0.6) is 0 Å². The summed E-state index contributed by atoms with van der Waals surface area (Å²) >= 11 is 0. The zero-order valence-electron chi connectivity index (χ0n) is 21.8. The van der Waals surface area contributed by atoms with Crippen molar-refractivity contribution in [3.63, 3.8) is 0 Å². The van der Waals surface area contributed by atoms with Gasteiger partial charge in [0.15, 0.2) is 0 Å². The third kappa shape index (κ3) is 3.58. The normalized spacial score (nSPS) is 11.5. The van der Waals surface area contributed by atoms with Crippen LogP contribution in [0.2, 0.25) is 0 Å². The molecule has 2 heteroatoms. The number of hydrogen-bond donors (Lipinski definition) is 0. The summed E-state index contributed by atoms with van der Waals surface area (Å²) in [7, 11) is 0. The van der Waals surface area contributed by atoms with E-state index in [1.165, 1.54) is 32.7 Å². The topological polar surface area (TPSA) is 16.4 Å². The summed E-state index contributed by atoms with van der Waals surface area (Å²) in [5.74, 6) is 0. The van der Waals surface area contributed by atoms with E-state index in [0.29, 0.717) is 0 Å². The van der Waals surface area contributed by atoms with Crippen molar-refractivity contribution in [2.75, 3.05) is 4.90 Å². The monoisotopic (exact) mass is 511 g/mol. The number of fused-ring (bicyclic) bond motifs is 6. The number of anilines is 3. The average Bonchev–Trinajstić information content (AvgIpc) is 3.41. The molecular weight excluding hydrogens is 486 g/mol. The standard InChI is InChI=1S/C38H25NO/c1-2-13-28(14-3-1)39(29-23-21-27(22-24-29)31-19-10-12-26-11-4-5-15-30(26)31)35-25-37-38(33-17-7-6-16-32(33)35)34-18-8-9-20-36(34)40-37/h1-25H. The number of hydrogen-bond acceptors (Lipinski definition) is 2. The van der Waals surface area contributed by atoms with Gasteiger partial charge in [-0.15, -0.1) is 0 Å². The second-order valence-electron chi connectivity index (χ2n) is 10.2. The largest absolute Gasteiger partial charge is 0.456 e. The van der Waals surface area contributed by atoms with E-state index < -0.39 is 0 Å². The molecule has 8 rings (SSSR count). The van der Waals surface area contributed by atoms with Gasteiger partial charge >= 0.3 is 0 Å². The fourth-order valence-electron chi connectivity index (χ4n) is 6.03. The van der Waals surface area contributed by atoms with Crippen LogP contribution < -0.4 is 4.90 Å². The summed E-state index contributed by atoms with van der Waals surface area (Å²) in [6, 6.07) is 53.7. The van der Waals surface area contributed by atoms with Crippen LogP contribution in [0.4, 0.5) is 17.1 Å². The van der Waals surface area contributed by atoms with Gasteiger partial charge in [-0.3, -0.25) is 0 Å². The Labute approximate surface area is 232 Å². The SMILES string of the molecule is c1ccc(N(c2ccc(-c3cccc4ccccc34)cc2)c2cc3oc4ccccc4c3c3ccccc23)cc1. The maximum Gasteiger partial charge on any atom is 0.138 e. The molecule has 7 aromatic carbocycles. The molecule has 0 N–H and O–H groups in total. The molecule has 0 aliphatic carbocycles. The Morgan fingerprint density at radius 3 is 1.88 bits per heavy atom. The van der Waals surface area contributed by atoms with Gasteiger partial charge < -0.3 is 9.32 Å². The minimum absolute atomic E-state index is 0.892. The zero-order chi connectivity index (χ0) is 26.5. The number of nitrogens with zero attached hydrogens (tertiary/aromatic N) is 1. The highest BCUT2D eigenvalue weighted by molar-refractivity contribution is 6.22. The van der Waals surface area contributed by atoms with Crippen LogP contribution in [0.15, 0.2) is 156 Å². The van der Waals surface area contributed by atoms with Gasteiger partial charge in [-0.25, -0.2) is 0 Å². The second-order valence-corrected chi connectivity index (χ2v) is 10.2. The fraction of sp³-hybridized carbons (Fsp3) is 0. The molecule has 8 aromatic rings. The molecule has 0 radical (unpaired) electrons. The highest BCUT2D eigenvalue weighted by atomic mass is 16.3. The predicted molar refractivity (Wildman–Crippen MR) is 169 cm³/mol. The number of benzene rings is 7. The van der Waals surface area contributed by atoms with Crippen molar-refractivity contribution >= 4 is 60.5 Å². The van der Waals surface area contributed by atoms with E-state index in [-0.39, 0.29) is 0 Å². The van der Waals surface area contributed by atoms with Crippen LogP contribution in [0.25, 0.3) is 54.6 Å². The second kappa shape index (κ2) is 9.14. The molecule has 0 atom stereocenters. The molecule has 0 saturated carbocycles. The maximum absolute atomic E-state index is 6.41. The maximum atomic E-state index is 6.41. The van der Waals surface area contributed by atoms with Crippen molar-refractivity contribution in [2.24, 2.45) is 0 Å². The van der Waals surface area contributed by atoms with E-state index in [9.17, 15) is 0 Å². The van der Waals surface area contributed by atoms with Crippen LogP contribution >= 0.6 is 0 Å². The Hall–Kier alpha value is -5.34. The smallest absolute Gasteiger partial charge is 0.138 e. The minimum atomic E-state index is 0.892. The Balaban J connectivity index is 1.35. The first-order chi connectivity index (χ1) is 19.8. The predicted octanol–water partition coefficient (Wildman–Crippen LogP) is 11.0. The van der Waals surface area contributed by atoms with Crippen molar-refractivity contribution in [1.82, 2.24) is 0 Å². The van der Waals surface area contributed by atoms with Crippen LogP contribution in [-0.4, -0.2) is 0 Å². The molecule has 0 unspecified atom stereocenters. The fourth-order valence-corrected chi connectivity index (χ4v) is 6.03. The van der Waals surface area contributed by atoms with E-state index in [2.05, 4.69) is 144 Å². The first-order valence-electron chi connectivity index (χ1n) is 13.6. The minimum Gasteiger partial charge on any atom is -0.456 e. The van der Waals surface area contributed by atoms with Crippen molar-refractivity contribution in [3.05, 3.63) is 152 Å². The van der Waals surface area contributed by atoms with Gasteiger partial charge in [-0.1, -0.05) is 115 Å². The van der Waals surface area contributed by atoms with Crippen LogP contribution in [0.3, 0.4) is 0 Å². The van der Waals surface area contributed by atoms with Gasteiger partial charge in [0.1, 0.15) is 11.2 Å². The highest BCUT2D eigenvalue weighted by Gasteiger charge is 2.20. The van der Waals surface area contributed by atoms with Gasteiger partial charge in [0.05, 0.1) is 5.69 Å². The molecule has 0 fully saturated rings. The van der Waals surface area contributed by atoms with Crippen molar-refractivity contribution < 1.29 is 4.42 Å². The van der Waals surface area contributed by atoms with E-state index in [4.69, 9.17) is 4.42 Å². The third-order valence-electron chi connectivity index (χ3n) is 7.84. The number of rotatable bonds is 4. The Morgan fingerprint density at radius 1 is 0.425 bits per heavy atom. The molecule has 0 spiro atoms. The van der Waals surface area contributed by atoms with Gasteiger partial charge in [-0.2, -0.15) is 0 Å². The summed E-state index contributed by atoms with van der Waals surface area (Å²) in [5.41, 5.74) is 7.52. The molecule has 0 bridgehead atoms. The molecule has 0 aliphatic rings. The Morgan fingerprint density at radius 2 is 1.05 bits per heavy atom. The third-order valence-corrected chi connectivity index (χ3v) is 7.84. The van der Waals surface area contributed by atoms with Gasteiger partial charge in [0.25, 0.3) is 0 Å². The van der Waals surface area contributed by atoms with Gasteiger partial charge in [-0.05, 0) is 57.6 Å². The lowest BCUT2D eigenvalue weighted by Crippen LogP contribution is -2.10. The van der Waals surface area contributed by atoms with Crippen molar-refractivity contribution in [3.8, 4) is 11.1 Å². The van der Waals surface area contributed by atoms with Gasteiger partial charge in [0.2, 0.25) is 0 Å². The van der Waals surface area contributed by atoms with Gasteiger partial charge in [0, 0.05) is 33.6 Å². The number of para-hydroxylation sites is 2. The van der Waals surface area contributed by atoms with Crippen molar-refractivity contribution in [1.29, 1.82) is 0 Å². The lowest BCUT2D eigenvalue weighted by atomic mass is 9.97. The van der Waals surface area contributed by atoms with E-state index in [1.54, 1.807) is 0 Å². The summed E-state index contributed by atoms with van der Waals surface area (Å²) in [4.78, 5) is 2.34. The summed E-state index contributed by atoms with van der Waals surface area (Å²) < 4.78 is 6.41. The molecule has 1 heterocycles. The van der Waals surface area contributed by atoms with E-state index in [0.717, 1.165) is 39.0 Å². The zero-order valence-corrected chi connectivity index (χ0v) is 21.8. The first kappa shape index (κ1) is 22.6. The molecule has 0 amide bonds. The molecule has 40 heavy (non-hydrogen) atoms. The van der Waals surface area contributed by atoms with Crippen molar-refractivity contribution in [2.45, 2.75) is 0 Å². The molecule has 2 nitrogen and oxygen atoms in total. The van der Waals surface area contributed by atoms with E-state index in [1.807, 2.05) is 12.1 Å². The average molecular weight is 512 g/mol. The lowest BCUT2D eigenvalue weighted by molar-refractivity contribution is 0.669. The highest BCUT2D eigenvalue weighted by Crippen LogP contribution is 2.44. The molecule has 188 valence electrons. The lowest BCUT2D eigenvalue weighted by Gasteiger charge is -2.27. The van der Waals surface area contributed by atoms with Crippen LogP contribution in [-0.2, 0) is 0 Å². The summed E-state index contributed by atoms with van der Waals surface area (Å²) in [5, 5.41) is 7.19. The molecule has 1 aromatic heterocycles. The molecule has 0 saturated heterocycles. The quantitative estimate of drug-likeness (QED) is 0.234. The number of furan rings is 1. The molecule has 0 aliphatic heterocycles. The summed E-state index contributed by atoms with van der Waals surface area (Å²) in [6.45, 7) is 0. The van der Waals surface area contributed by atoms with E-state index >= 15 is 0 Å². The van der Waals surface area contributed by atoms with Crippen LogP contribution in [0.1, 0.15) is 0 Å².